The van der Waals surface area contributed by atoms with Crippen LogP contribution in [0.5, 0.6) is 5.75 Å². The summed E-state index contributed by atoms with van der Waals surface area (Å²) in [5, 5.41) is 5.70. The minimum absolute atomic E-state index is 0. The molecule has 1 aromatic rings. The van der Waals surface area contributed by atoms with Crippen LogP contribution < -0.4 is 15.4 Å². The van der Waals surface area contributed by atoms with Crippen LogP contribution in [-0.4, -0.2) is 52.0 Å². The van der Waals surface area contributed by atoms with Gasteiger partial charge in [-0.05, 0) is 12.1 Å². The van der Waals surface area contributed by atoms with E-state index in [1.165, 1.54) is 18.2 Å². The number of carbonyl (C=O) groups is 1. The van der Waals surface area contributed by atoms with Gasteiger partial charge in [0.15, 0.2) is 0 Å². The molecule has 0 aliphatic carbocycles. The van der Waals surface area contributed by atoms with Gasteiger partial charge in [0.1, 0.15) is 24.3 Å². The minimum Gasteiger partial charge on any atom is -0.489 e. The predicted octanol–water partition coefficient (Wildman–Crippen LogP) is 1.20. The molecular formula is C14H20ClFN2O4. The number of anilines is 1. The maximum Gasteiger partial charge on any atom is 0.254 e. The highest BCUT2D eigenvalue weighted by Crippen LogP contribution is 2.25. The second-order valence-electron chi connectivity index (χ2n) is 4.53. The molecule has 124 valence electrons. The van der Waals surface area contributed by atoms with Crippen LogP contribution in [0.3, 0.4) is 0 Å². The van der Waals surface area contributed by atoms with Crippen molar-refractivity contribution in [1.82, 2.24) is 5.32 Å². The first-order chi connectivity index (χ1) is 10.2. The molecule has 8 heteroatoms. The Morgan fingerprint density at radius 3 is 3.00 bits per heavy atom. The Bertz CT molecular complexity index is 484. The van der Waals surface area contributed by atoms with E-state index in [9.17, 15) is 9.18 Å². The highest BCUT2D eigenvalue weighted by molar-refractivity contribution is 5.95. The number of morpholine rings is 1. The van der Waals surface area contributed by atoms with Gasteiger partial charge in [0, 0.05) is 26.3 Å². The molecule has 2 rings (SSSR count). The van der Waals surface area contributed by atoms with Crippen molar-refractivity contribution in [1.29, 1.82) is 0 Å². The summed E-state index contributed by atoms with van der Waals surface area (Å²) in [5.41, 5.74) is 0.283. The summed E-state index contributed by atoms with van der Waals surface area (Å²) < 4.78 is 29.1. The van der Waals surface area contributed by atoms with Crippen LogP contribution in [0.25, 0.3) is 0 Å². The van der Waals surface area contributed by atoms with Gasteiger partial charge in [0.25, 0.3) is 5.91 Å². The third-order valence-electron chi connectivity index (χ3n) is 2.96. The summed E-state index contributed by atoms with van der Waals surface area (Å²) >= 11 is 0. The van der Waals surface area contributed by atoms with E-state index in [0.717, 1.165) is 6.54 Å². The number of amides is 1. The van der Waals surface area contributed by atoms with E-state index in [2.05, 4.69) is 10.6 Å². The zero-order valence-electron chi connectivity index (χ0n) is 12.3. The number of hydrogen-bond donors (Lipinski definition) is 2. The molecule has 1 heterocycles. The Labute approximate surface area is 134 Å². The number of benzene rings is 1. The van der Waals surface area contributed by atoms with Crippen molar-refractivity contribution in [2.45, 2.75) is 6.10 Å². The molecule has 6 nitrogen and oxygen atoms in total. The van der Waals surface area contributed by atoms with Crippen LogP contribution in [0.4, 0.5) is 10.1 Å². The van der Waals surface area contributed by atoms with Crippen molar-refractivity contribution >= 4 is 24.0 Å². The summed E-state index contributed by atoms with van der Waals surface area (Å²) in [4.78, 5) is 12.1. The fourth-order valence-electron chi connectivity index (χ4n) is 1.91. The fourth-order valence-corrected chi connectivity index (χ4v) is 1.91. The molecule has 2 N–H and O–H groups in total. The zero-order chi connectivity index (χ0) is 15.1. The standard InChI is InChI=1S/C14H19FN2O4.ClH/c1-19-6-7-21-12-3-2-10(15)8-11(12)17-14(18)13-9-16-4-5-20-13;/h2-3,8,13,16H,4-7,9H2,1H3,(H,17,18);1H. The molecule has 22 heavy (non-hydrogen) atoms. The Morgan fingerprint density at radius 2 is 2.32 bits per heavy atom. The Morgan fingerprint density at radius 1 is 1.50 bits per heavy atom. The molecule has 1 amide bonds. The number of hydrogen-bond acceptors (Lipinski definition) is 5. The molecule has 1 aliphatic rings. The number of nitrogens with one attached hydrogen (secondary N) is 2. The van der Waals surface area contributed by atoms with Crippen molar-refractivity contribution < 1.29 is 23.4 Å². The normalized spacial score (nSPS) is 17.5. The molecule has 0 bridgehead atoms. The fraction of sp³-hybridized carbons (Fsp3) is 0.500. The molecule has 0 spiro atoms. The lowest BCUT2D eigenvalue weighted by molar-refractivity contribution is -0.128. The lowest BCUT2D eigenvalue weighted by atomic mass is 10.2. The molecule has 1 unspecified atom stereocenters. The van der Waals surface area contributed by atoms with Crippen molar-refractivity contribution in [3.8, 4) is 5.75 Å². The van der Waals surface area contributed by atoms with E-state index in [1.54, 1.807) is 7.11 Å². The van der Waals surface area contributed by atoms with E-state index in [4.69, 9.17) is 14.2 Å². The van der Waals surface area contributed by atoms with Gasteiger partial charge in [-0.3, -0.25) is 4.79 Å². The Balaban J connectivity index is 0.00000242. The van der Waals surface area contributed by atoms with Crippen LogP contribution in [0, 0.1) is 5.82 Å². The SMILES string of the molecule is COCCOc1ccc(F)cc1NC(=O)C1CNCCO1.Cl. The van der Waals surface area contributed by atoms with Crippen LogP contribution in [0.15, 0.2) is 18.2 Å². The van der Waals surface area contributed by atoms with Crippen molar-refractivity contribution in [3.63, 3.8) is 0 Å². The first-order valence-electron chi connectivity index (χ1n) is 6.75. The number of methoxy groups -OCH3 is 1. The van der Waals surface area contributed by atoms with E-state index in [1.807, 2.05) is 0 Å². The van der Waals surface area contributed by atoms with Gasteiger partial charge in [-0.25, -0.2) is 4.39 Å². The number of rotatable bonds is 6. The summed E-state index contributed by atoms with van der Waals surface area (Å²) in [6.07, 6.45) is -0.589. The molecule has 0 aromatic heterocycles. The second-order valence-corrected chi connectivity index (χ2v) is 4.53. The lowest BCUT2D eigenvalue weighted by Crippen LogP contribution is -2.45. The summed E-state index contributed by atoms with van der Waals surface area (Å²) in [6, 6.07) is 3.97. The van der Waals surface area contributed by atoms with E-state index in [0.29, 0.717) is 32.1 Å². The first kappa shape index (κ1) is 18.6. The highest BCUT2D eigenvalue weighted by Gasteiger charge is 2.22. The first-order valence-corrected chi connectivity index (χ1v) is 6.75. The Kier molecular flexibility index (Phi) is 8.11. The molecule has 1 saturated heterocycles. The van der Waals surface area contributed by atoms with Crippen LogP contribution in [0.1, 0.15) is 0 Å². The molecule has 1 atom stereocenters. The molecular weight excluding hydrogens is 315 g/mol. The average molecular weight is 335 g/mol. The maximum atomic E-state index is 13.4. The third-order valence-corrected chi connectivity index (χ3v) is 2.96. The maximum absolute atomic E-state index is 13.4. The topological polar surface area (TPSA) is 68.8 Å². The predicted molar refractivity (Wildman–Crippen MR) is 82.3 cm³/mol. The highest BCUT2D eigenvalue weighted by atomic mass is 35.5. The summed E-state index contributed by atoms with van der Waals surface area (Å²) in [5.74, 6) is -0.387. The van der Waals surface area contributed by atoms with Crippen molar-refractivity contribution in [2.75, 3.05) is 45.3 Å². The smallest absolute Gasteiger partial charge is 0.254 e. The summed E-state index contributed by atoms with van der Waals surface area (Å²) in [7, 11) is 1.56. The number of carbonyl (C=O) groups excluding carboxylic acids is 1. The van der Waals surface area contributed by atoms with Gasteiger partial charge < -0.3 is 24.8 Å². The van der Waals surface area contributed by atoms with Gasteiger partial charge in [-0.1, -0.05) is 0 Å². The van der Waals surface area contributed by atoms with Gasteiger partial charge in [0.05, 0.1) is 18.9 Å². The number of halogens is 2. The molecule has 0 saturated carbocycles. The largest absolute Gasteiger partial charge is 0.489 e. The minimum atomic E-state index is -0.589. The van der Waals surface area contributed by atoms with E-state index >= 15 is 0 Å². The quantitative estimate of drug-likeness (QED) is 0.765. The van der Waals surface area contributed by atoms with Crippen molar-refractivity contribution in [3.05, 3.63) is 24.0 Å². The molecule has 1 fully saturated rings. The molecule has 1 aromatic carbocycles. The third kappa shape index (κ3) is 5.42. The lowest BCUT2D eigenvalue weighted by Gasteiger charge is -2.23. The number of ether oxygens (including phenoxy) is 3. The van der Waals surface area contributed by atoms with E-state index < -0.39 is 11.9 Å². The van der Waals surface area contributed by atoms with Gasteiger partial charge in [0.2, 0.25) is 0 Å². The van der Waals surface area contributed by atoms with Gasteiger partial charge >= 0.3 is 0 Å². The summed E-state index contributed by atoms with van der Waals surface area (Å²) in [6.45, 7) is 2.33. The Hall–Kier alpha value is -1.41. The van der Waals surface area contributed by atoms with Crippen LogP contribution in [0.2, 0.25) is 0 Å². The van der Waals surface area contributed by atoms with Gasteiger partial charge in [-0.2, -0.15) is 0 Å². The van der Waals surface area contributed by atoms with Crippen LogP contribution >= 0.6 is 12.4 Å². The van der Waals surface area contributed by atoms with E-state index in [-0.39, 0.29) is 24.0 Å². The van der Waals surface area contributed by atoms with Crippen molar-refractivity contribution in [2.24, 2.45) is 0 Å². The molecule has 0 radical (unpaired) electrons. The zero-order valence-corrected chi connectivity index (χ0v) is 13.1. The molecule has 1 aliphatic heterocycles. The second kappa shape index (κ2) is 9.58. The monoisotopic (exact) mass is 334 g/mol. The van der Waals surface area contributed by atoms with Gasteiger partial charge in [-0.15, -0.1) is 12.4 Å². The average Bonchev–Trinajstić information content (AvgIpc) is 2.50. The van der Waals surface area contributed by atoms with Crippen LogP contribution in [-0.2, 0) is 14.3 Å².